The van der Waals surface area contributed by atoms with Crippen LogP contribution in [-0.4, -0.2) is 34.5 Å². The summed E-state index contributed by atoms with van der Waals surface area (Å²) >= 11 is 1.09. The Labute approximate surface area is 282 Å². The zero-order valence-corrected chi connectivity index (χ0v) is 27.5. The third-order valence-corrected chi connectivity index (χ3v) is 8.43. The van der Waals surface area contributed by atoms with Crippen molar-refractivity contribution in [3.05, 3.63) is 77.4 Å². The van der Waals surface area contributed by atoms with Crippen LogP contribution in [0.1, 0.15) is 57.6 Å². The van der Waals surface area contributed by atoms with Crippen LogP contribution in [0.25, 0.3) is 10.2 Å². The summed E-state index contributed by atoms with van der Waals surface area (Å²) in [5.74, 6) is -3.32. The number of nitrogens with one attached hydrogen (secondary N) is 3. The van der Waals surface area contributed by atoms with Gasteiger partial charge in [0.05, 0.1) is 27.9 Å². The summed E-state index contributed by atoms with van der Waals surface area (Å²) < 4.78 is 80.1. The van der Waals surface area contributed by atoms with Crippen LogP contribution in [0.4, 0.5) is 37.6 Å². The van der Waals surface area contributed by atoms with E-state index in [-0.39, 0.29) is 51.3 Å². The number of fused-ring (bicyclic) bond motifs is 1. The van der Waals surface area contributed by atoms with Crippen molar-refractivity contribution in [1.82, 2.24) is 10.3 Å². The number of carbonyl (C=O) groups excluding carboxylic acids is 3. The van der Waals surface area contributed by atoms with E-state index in [0.29, 0.717) is 24.0 Å². The maximum absolute atomic E-state index is 15.1. The summed E-state index contributed by atoms with van der Waals surface area (Å²) in [4.78, 5) is 42.1. The number of nitrogens with zero attached hydrogens (tertiary/aromatic N) is 1. The van der Waals surface area contributed by atoms with Gasteiger partial charge in [-0.3, -0.25) is 9.59 Å². The third kappa shape index (κ3) is 9.65. The molecule has 49 heavy (non-hydrogen) atoms. The van der Waals surface area contributed by atoms with Crippen molar-refractivity contribution in [1.29, 1.82) is 0 Å². The highest BCUT2D eigenvalue weighted by Crippen LogP contribution is 2.36. The molecule has 3 N–H and O–H groups in total. The van der Waals surface area contributed by atoms with Crippen LogP contribution >= 0.6 is 11.3 Å². The molecule has 0 saturated heterocycles. The molecule has 0 bridgehead atoms. The van der Waals surface area contributed by atoms with Crippen LogP contribution in [0.15, 0.2) is 54.6 Å². The number of ether oxygens (including phenoxy) is 2. The van der Waals surface area contributed by atoms with Gasteiger partial charge in [-0.05, 0) is 63.8 Å². The van der Waals surface area contributed by atoms with Gasteiger partial charge >= 0.3 is 12.3 Å². The minimum atomic E-state index is -4.58. The molecule has 0 aliphatic heterocycles. The number of carbonyl (C=O) groups is 3. The molecule has 2 atom stereocenters. The molecule has 1 aliphatic carbocycles. The minimum Gasteiger partial charge on any atom is -0.454 e. The smallest absolute Gasteiger partial charge is 0.416 e. The van der Waals surface area contributed by atoms with Crippen molar-refractivity contribution >= 4 is 50.3 Å². The van der Waals surface area contributed by atoms with Crippen molar-refractivity contribution in [3.8, 4) is 11.5 Å². The molecule has 1 heterocycles. The number of thiazole rings is 1. The van der Waals surface area contributed by atoms with Crippen molar-refractivity contribution < 1.29 is 45.8 Å². The number of benzene rings is 3. The molecule has 15 heteroatoms. The number of alkyl halides is 3. The largest absolute Gasteiger partial charge is 0.454 e. The van der Waals surface area contributed by atoms with E-state index < -0.39 is 47.4 Å². The van der Waals surface area contributed by atoms with Crippen LogP contribution in [0, 0.1) is 17.6 Å². The van der Waals surface area contributed by atoms with Gasteiger partial charge in [-0.15, -0.1) is 0 Å². The Balaban J connectivity index is 1.22. The van der Waals surface area contributed by atoms with Gasteiger partial charge in [-0.2, -0.15) is 13.2 Å². The van der Waals surface area contributed by atoms with Gasteiger partial charge in [0, 0.05) is 30.2 Å². The van der Waals surface area contributed by atoms with Gasteiger partial charge < -0.3 is 25.4 Å². The molecule has 3 aromatic carbocycles. The van der Waals surface area contributed by atoms with E-state index in [1.807, 2.05) is 0 Å². The molecule has 3 amide bonds. The third-order valence-electron chi connectivity index (χ3n) is 7.50. The molecule has 1 saturated carbocycles. The number of amides is 3. The fraction of sp³-hybridized carbons (Fsp3) is 0.353. The summed E-state index contributed by atoms with van der Waals surface area (Å²) in [6, 6.07) is 9.83. The zero-order chi connectivity index (χ0) is 35.5. The number of aromatic nitrogens is 1. The van der Waals surface area contributed by atoms with Crippen LogP contribution in [0.5, 0.6) is 11.5 Å². The summed E-state index contributed by atoms with van der Waals surface area (Å²) in [5.41, 5.74) is -1.53. The lowest BCUT2D eigenvalue weighted by Gasteiger charge is -2.29. The predicted molar refractivity (Wildman–Crippen MR) is 174 cm³/mol. The van der Waals surface area contributed by atoms with E-state index >= 15 is 4.39 Å². The average molecular weight is 705 g/mol. The highest BCUT2D eigenvalue weighted by molar-refractivity contribution is 7.22. The Hall–Kier alpha value is -4.79. The van der Waals surface area contributed by atoms with E-state index in [0.717, 1.165) is 48.1 Å². The number of anilines is 2. The van der Waals surface area contributed by atoms with E-state index in [9.17, 15) is 31.9 Å². The van der Waals surface area contributed by atoms with Crippen molar-refractivity contribution in [3.63, 3.8) is 0 Å². The first kappa shape index (κ1) is 35.5. The first-order chi connectivity index (χ1) is 23.0. The number of halogens is 5. The maximum Gasteiger partial charge on any atom is 0.416 e. The fourth-order valence-corrected chi connectivity index (χ4v) is 6.21. The minimum absolute atomic E-state index is 0.0288. The van der Waals surface area contributed by atoms with E-state index in [4.69, 9.17) is 9.47 Å². The summed E-state index contributed by atoms with van der Waals surface area (Å²) in [6.07, 6.45) is -3.08. The van der Waals surface area contributed by atoms with Crippen LogP contribution < -0.4 is 20.7 Å². The lowest BCUT2D eigenvalue weighted by molar-refractivity contribution is -0.137. The monoisotopic (exact) mass is 704 g/mol. The quantitative estimate of drug-likeness (QED) is 0.158. The standard InChI is InChI=1S/C34H33F5N4O5S/c1-33(2,3)48-32(46)40-21-9-5-7-19(14-21)30(45)43-31-42-26-16-24(36)27(17-28(26)49-31)47-22-10-11-23(35)25(15-22)41-29(44)13-18-6-4-8-20(12-18)34(37,38)39/h4,6,8,10-12,15-17,19,21H,5,7,9,13-14H2,1-3H3,(H,40,46)(H,41,44)(H,42,43,45). The highest BCUT2D eigenvalue weighted by atomic mass is 32.1. The van der Waals surface area contributed by atoms with Crippen molar-refractivity contribution in [2.24, 2.45) is 5.92 Å². The number of alkyl carbamates (subject to hydrolysis) is 1. The van der Waals surface area contributed by atoms with Gasteiger partial charge in [0.15, 0.2) is 16.7 Å². The van der Waals surface area contributed by atoms with E-state index in [1.54, 1.807) is 20.8 Å². The molecule has 5 rings (SSSR count). The van der Waals surface area contributed by atoms with Crippen molar-refractivity contribution in [2.45, 2.75) is 70.7 Å². The molecular formula is C34H33F5N4O5S. The van der Waals surface area contributed by atoms with Crippen LogP contribution in [-0.2, 0) is 26.9 Å². The first-order valence-corrected chi connectivity index (χ1v) is 16.2. The van der Waals surface area contributed by atoms with Crippen LogP contribution in [0.2, 0.25) is 0 Å². The number of hydrogen-bond donors (Lipinski definition) is 3. The van der Waals surface area contributed by atoms with E-state index in [2.05, 4.69) is 20.9 Å². The fourth-order valence-electron chi connectivity index (χ4n) is 5.33. The molecule has 0 radical (unpaired) electrons. The molecule has 1 aromatic heterocycles. The molecule has 1 aliphatic rings. The molecule has 9 nitrogen and oxygen atoms in total. The highest BCUT2D eigenvalue weighted by Gasteiger charge is 2.31. The Kier molecular flexibility index (Phi) is 10.4. The molecule has 4 aromatic rings. The second-order valence-electron chi connectivity index (χ2n) is 12.6. The first-order valence-electron chi connectivity index (χ1n) is 15.4. The summed E-state index contributed by atoms with van der Waals surface area (Å²) in [6.45, 7) is 5.30. The SMILES string of the molecule is CC(C)(C)OC(=O)NC1CCCC(C(=O)Nc2nc3cc(F)c(Oc4ccc(F)c(NC(=O)Cc5cccc(C(F)(F)F)c5)c4)cc3s2)C1. The van der Waals surface area contributed by atoms with E-state index in [1.165, 1.54) is 24.3 Å². The zero-order valence-electron chi connectivity index (χ0n) is 26.7. The van der Waals surface area contributed by atoms with Gasteiger partial charge in [0.1, 0.15) is 17.2 Å². The Morgan fingerprint density at radius 1 is 0.959 bits per heavy atom. The van der Waals surface area contributed by atoms with Gasteiger partial charge in [-0.25, -0.2) is 18.6 Å². The summed E-state index contributed by atoms with van der Waals surface area (Å²) in [7, 11) is 0. The lowest BCUT2D eigenvalue weighted by atomic mass is 9.85. The van der Waals surface area contributed by atoms with Gasteiger partial charge in [-0.1, -0.05) is 36.0 Å². The second kappa shape index (κ2) is 14.4. The number of hydrogen-bond acceptors (Lipinski definition) is 7. The van der Waals surface area contributed by atoms with Crippen molar-refractivity contribution in [2.75, 3.05) is 10.6 Å². The molecule has 2 unspecified atom stereocenters. The van der Waals surface area contributed by atoms with Gasteiger partial charge in [0.2, 0.25) is 11.8 Å². The molecule has 1 fully saturated rings. The molecular weight excluding hydrogens is 671 g/mol. The molecule has 0 spiro atoms. The Morgan fingerprint density at radius 2 is 1.73 bits per heavy atom. The normalized spacial score (nSPS) is 16.6. The summed E-state index contributed by atoms with van der Waals surface area (Å²) in [5, 5.41) is 8.16. The van der Waals surface area contributed by atoms with Gasteiger partial charge in [0.25, 0.3) is 0 Å². The Bertz CT molecular complexity index is 1870. The predicted octanol–water partition coefficient (Wildman–Crippen LogP) is 8.59. The maximum atomic E-state index is 15.1. The average Bonchev–Trinajstić information content (AvgIpc) is 3.38. The molecule has 260 valence electrons. The Morgan fingerprint density at radius 3 is 2.47 bits per heavy atom. The number of rotatable bonds is 8. The van der Waals surface area contributed by atoms with Crippen LogP contribution in [0.3, 0.4) is 0 Å². The topological polar surface area (TPSA) is 119 Å². The second-order valence-corrected chi connectivity index (χ2v) is 13.7. The lowest BCUT2D eigenvalue weighted by Crippen LogP contribution is -2.43.